The Morgan fingerprint density at radius 2 is 1.75 bits per heavy atom. The Morgan fingerprint density at radius 3 is 2.38 bits per heavy atom. The number of piperidine rings is 1. The predicted molar refractivity (Wildman–Crippen MR) is 97.7 cm³/mol. The summed E-state index contributed by atoms with van der Waals surface area (Å²) >= 11 is 0. The van der Waals surface area contributed by atoms with Gasteiger partial charge in [-0.05, 0) is 69.5 Å². The van der Waals surface area contributed by atoms with E-state index in [0.717, 1.165) is 42.7 Å². The monoisotopic (exact) mass is 351 g/mol. The van der Waals surface area contributed by atoms with E-state index in [1.54, 1.807) is 4.90 Å². The Bertz CT molecular complexity index is 594. The third-order valence-electron chi connectivity index (χ3n) is 4.73. The summed E-state index contributed by atoms with van der Waals surface area (Å²) in [5.41, 5.74) is 3.18. The molecule has 3 rings (SSSR count). The van der Waals surface area contributed by atoms with Crippen molar-refractivity contribution in [2.24, 2.45) is 5.92 Å². The number of carbonyl (C=O) groups excluding carboxylic acids is 2. The zero-order valence-corrected chi connectivity index (χ0v) is 15.1. The first-order chi connectivity index (χ1) is 11.0. The van der Waals surface area contributed by atoms with Crippen molar-refractivity contribution in [1.29, 1.82) is 0 Å². The number of hydrogen-bond donors (Lipinski definition) is 2. The molecule has 2 aliphatic rings. The second kappa shape index (κ2) is 7.99. The lowest BCUT2D eigenvalue weighted by Crippen LogP contribution is -2.46. The number of aryl methyl sites for hydroxylation is 2. The molecule has 0 saturated carbocycles. The van der Waals surface area contributed by atoms with Gasteiger partial charge in [0, 0.05) is 18.3 Å². The molecule has 6 heteroatoms. The molecule has 2 saturated heterocycles. The lowest BCUT2D eigenvalue weighted by Gasteiger charge is -2.25. The number of benzene rings is 1. The van der Waals surface area contributed by atoms with Crippen molar-refractivity contribution >= 4 is 29.9 Å². The van der Waals surface area contributed by atoms with E-state index in [1.165, 1.54) is 0 Å². The van der Waals surface area contributed by atoms with E-state index in [-0.39, 0.29) is 30.3 Å². The van der Waals surface area contributed by atoms with Gasteiger partial charge >= 0.3 is 0 Å². The van der Waals surface area contributed by atoms with Gasteiger partial charge in [-0.1, -0.05) is 6.07 Å². The molecule has 0 aromatic heterocycles. The molecule has 0 spiro atoms. The van der Waals surface area contributed by atoms with E-state index in [2.05, 4.69) is 16.7 Å². The normalized spacial score (nSPS) is 21.5. The summed E-state index contributed by atoms with van der Waals surface area (Å²) in [6.45, 7) is 6.53. The molecule has 132 valence electrons. The van der Waals surface area contributed by atoms with Gasteiger partial charge in [-0.15, -0.1) is 12.4 Å². The first-order valence-electron chi connectivity index (χ1n) is 8.45. The highest BCUT2D eigenvalue weighted by molar-refractivity contribution is 6.09. The molecule has 1 atom stereocenters. The molecule has 0 bridgehead atoms. The van der Waals surface area contributed by atoms with Crippen LogP contribution in [0.2, 0.25) is 0 Å². The van der Waals surface area contributed by atoms with Crippen LogP contribution in [0.4, 0.5) is 5.69 Å². The summed E-state index contributed by atoms with van der Waals surface area (Å²) in [7, 11) is 0. The Hall–Kier alpha value is -1.59. The maximum atomic E-state index is 12.7. The van der Waals surface area contributed by atoms with Crippen LogP contribution in [-0.4, -0.2) is 37.5 Å². The first kappa shape index (κ1) is 18.7. The van der Waals surface area contributed by atoms with Crippen LogP contribution in [0, 0.1) is 19.8 Å². The number of nitrogens with one attached hydrogen (secondary N) is 2. The summed E-state index contributed by atoms with van der Waals surface area (Å²) in [5.74, 6) is -0.707. The maximum Gasteiger partial charge on any atom is 0.239 e. The molecule has 2 N–H and O–H groups in total. The third-order valence-corrected chi connectivity index (χ3v) is 4.73. The van der Waals surface area contributed by atoms with Crippen molar-refractivity contribution < 1.29 is 9.59 Å². The fourth-order valence-corrected chi connectivity index (χ4v) is 3.55. The van der Waals surface area contributed by atoms with E-state index in [4.69, 9.17) is 0 Å². The van der Waals surface area contributed by atoms with Crippen LogP contribution in [0.25, 0.3) is 0 Å². The standard InChI is InChI=1S/C18H25N3O2.ClH/c1-12-9-13(2)11-15(10-12)21-8-5-16(18(21)23)17(22)20-14-3-6-19-7-4-14;/h9-11,14,16,19H,3-8H2,1-2H3,(H,20,22);1H. The van der Waals surface area contributed by atoms with Crippen molar-refractivity contribution in [3.05, 3.63) is 29.3 Å². The van der Waals surface area contributed by atoms with Gasteiger partial charge in [0.1, 0.15) is 5.92 Å². The van der Waals surface area contributed by atoms with Crippen LogP contribution in [0.1, 0.15) is 30.4 Å². The molecule has 2 aliphatic heterocycles. The Labute approximate surface area is 149 Å². The van der Waals surface area contributed by atoms with Gasteiger partial charge in [0.2, 0.25) is 11.8 Å². The zero-order chi connectivity index (χ0) is 16.4. The molecule has 0 aliphatic carbocycles. The second-order valence-corrected chi connectivity index (χ2v) is 6.71. The predicted octanol–water partition coefficient (Wildman–Crippen LogP) is 1.95. The van der Waals surface area contributed by atoms with Crippen molar-refractivity contribution in [2.45, 2.75) is 39.2 Å². The molecule has 2 amide bonds. The molecular weight excluding hydrogens is 326 g/mol. The minimum Gasteiger partial charge on any atom is -0.353 e. The summed E-state index contributed by atoms with van der Waals surface area (Å²) in [4.78, 5) is 26.9. The van der Waals surface area contributed by atoms with Crippen molar-refractivity contribution in [2.75, 3.05) is 24.5 Å². The summed E-state index contributed by atoms with van der Waals surface area (Å²) < 4.78 is 0. The topological polar surface area (TPSA) is 61.4 Å². The Morgan fingerprint density at radius 1 is 1.12 bits per heavy atom. The highest BCUT2D eigenvalue weighted by Gasteiger charge is 2.38. The number of carbonyl (C=O) groups is 2. The second-order valence-electron chi connectivity index (χ2n) is 6.71. The number of halogens is 1. The highest BCUT2D eigenvalue weighted by Crippen LogP contribution is 2.27. The average molecular weight is 352 g/mol. The van der Waals surface area contributed by atoms with Crippen molar-refractivity contribution in [1.82, 2.24) is 10.6 Å². The van der Waals surface area contributed by atoms with Crippen molar-refractivity contribution in [3.63, 3.8) is 0 Å². The number of rotatable bonds is 3. The van der Waals surface area contributed by atoms with Gasteiger partial charge in [-0.25, -0.2) is 0 Å². The van der Waals surface area contributed by atoms with Crippen molar-refractivity contribution in [3.8, 4) is 0 Å². The quantitative estimate of drug-likeness (QED) is 0.818. The van der Waals surface area contributed by atoms with Gasteiger partial charge in [-0.3, -0.25) is 9.59 Å². The first-order valence-corrected chi connectivity index (χ1v) is 8.45. The lowest BCUT2D eigenvalue weighted by molar-refractivity contribution is -0.132. The SMILES string of the molecule is Cc1cc(C)cc(N2CCC(C(=O)NC3CCNCC3)C2=O)c1.Cl. The lowest BCUT2D eigenvalue weighted by atomic mass is 10.0. The largest absolute Gasteiger partial charge is 0.353 e. The molecule has 1 aromatic rings. The zero-order valence-electron chi connectivity index (χ0n) is 14.3. The molecule has 5 nitrogen and oxygen atoms in total. The van der Waals surface area contributed by atoms with Gasteiger partial charge in [-0.2, -0.15) is 0 Å². The number of anilines is 1. The van der Waals surface area contributed by atoms with Gasteiger partial charge in [0.25, 0.3) is 0 Å². The molecule has 0 radical (unpaired) electrons. The summed E-state index contributed by atoms with van der Waals surface area (Å²) in [5, 5.41) is 6.34. The Balaban J connectivity index is 0.00000208. The minimum absolute atomic E-state index is 0. The molecule has 2 fully saturated rings. The van der Waals surface area contributed by atoms with E-state index in [9.17, 15) is 9.59 Å². The maximum absolute atomic E-state index is 12.7. The third kappa shape index (κ3) is 4.08. The van der Waals surface area contributed by atoms with E-state index < -0.39 is 5.92 Å². The van der Waals surface area contributed by atoms with E-state index in [1.807, 2.05) is 26.0 Å². The van der Waals surface area contributed by atoms with Crippen LogP contribution in [0.15, 0.2) is 18.2 Å². The molecule has 1 aromatic carbocycles. The van der Waals surface area contributed by atoms with Gasteiger partial charge in [0.05, 0.1) is 0 Å². The Kier molecular flexibility index (Phi) is 6.24. The highest BCUT2D eigenvalue weighted by atomic mass is 35.5. The molecule has 1 unspecified atom stereocenters. The van der Waals surface area contributed by atoms with Gasteiger partial charge < -0.3 is 15.5 Å². The fourth-order valence-electron chi connectivity index (χ4n) is 3.55. The van der Waals surface area contributed by atoms with E-state index in [0.29, 0.717) is 13.0 Å². The number of nitrogens with zero attached hydrogens (tertiary/aromatic N) is 1. The number of hydrogen-bond acceptors (Lipinski definition) is 3. The van der Waals surface area contributed by atoms with Crippen LogP contribution < -0.4 is 15.5 Å². The molecule has 24 heavy (non-hydrogen) atoms. The summed E-state index contributed by atoms with van der Waals surface area (Å²) in [6.07, 6.45) is 2.48. The van der Waals surface area contributed by atoms with Gasteiger partial charge in [0.15, 0.2) is 0 Å². The minimum atomic E-state index is -0.536. The smallest absolute Gasteiger partial charge is 0.239 e. The van der Waals surface area contributed by atoms with Crippen LogP contribution in [0.5, 0.6) is 0 Å². The van der Waals surface area contributed by atoms with Crippen LogP contribution >= 0.6 is 12.4 Å². The average Bonchev–Trinajstić information content (AvgIpc) is 2.89. The summed E-state index contributed by atoms with van der Waals surface area (Å²) in [6, 6.07) is 6.31. The van der Waals surface area contributed by atoms with Crippen LogP contribution in [-0.2, 0) is 9.59 Å². The van der Waals surface area contributed by atoms with Crippen LogP contribution in [0.3, 0.4) is 0 Å². The number of amides is 2. The fraction of sp³-hybridized carbons (Fsp3) is 0.556. The molecular formula is C18H26ClN3O2. The molecule has 2 heterocycles. The van der Waals surface area contributed by atoms with E-state index >= 15 is 0 Å².